The molecule has 0 atom stereocenters. The summed E-state index contributed by atoms with van der Waals surface area (Å²) in [6.07, 6.45) is -3.71. The molecule has 0 unspecified atom stereocenters. The van der Waals surface area contributed by atoms with Gasteiger partial charge in [0.2, 0.25) is 0 Å². The van der Waals surface area contributed by atoms with Crippen molar-refractivity contribution in [3.05, 3.63) is 15.3 Å². The molecule has 1 heterocycles. The van der Waals surface area contributed by atoms with E-state index in [0.29, 0.717) is 0 Å². The van der Waals surface area contributed by atoms with Crippen molar-refractivity contribution in [2.45, 2.75) is 13.0 Å². The van der Waals surface area contributed by atoms with Crippen molar-refractivity contribution >= 4 is 22.6 Å². The molecule has 0 N–H and O–H groups in total. The van der Waals surface area contributed by atoms with Gasteiger partial charge in [0.05, 0.1) is 7.11 Å². The van der Waals surface area contributed by atoms with Crippen molar-refractivity contribution in [1.29, 1.82) is 0 Å². The summed E-state index contributed by atoms with van der Waals surface area (Å²) in [7, 11) is 1.13. The molecule has 0 saturated carbocycles. The molecule has 1 aromatic heterocycles. The third-order valence-electron chi connectivity index (χ3n) is 1.60. The van der Waals surface area contributed by atoms with Gasteiger partial charge >= 0.3 is 6.36 Å². The van der Waals surface area contributed by atoms with E-state index in [4.69, 9.17) is 0 Å². The van der Waals surface area contributed by atoms with Crippen molar-refractivity contribution in [2.75, 3.05) is 7.11 Å². The number of ether oxygens (including phenoxy) is 2. The van der Waals surface area contributed by atoms with E-state index in [0.717, 1.165) is 7.11 Å². The molecule has 0 radical (unpaired) electrons. The van der Waals surface area contributed by atoms with Gasteiger partial charge in [-0.25, -0.2) is 9.37 Å². The molecule has 0 amide bonds. The smallest absolute Gasteiger partial charge is 0.478 e. The second-order valence-electron chi connectivity index (χ2n) is 2.60. The zero-order valence-electron chi connectivity index (χ0n) is 7.94. The Morgan fingerprint density at radius 2 is 2.06 bits per heavy atom. The summed E-state index contributed by atoms with van der Waals surface area (Å²) >= 11 is 1.67. The van der Waals surface area contributed by atoms with E-state index in [2.05, 4.69) is 14.5 Å². The number of methoxy groups -OCH3 is 1. The molecule has 0 saturated heterocycles. The molecule has 0 aromatic carbocycles. The Morgan fingerprint density at radius 1 is 1.44 bits per heavy atom. The number of aromatic nitrogens is 1. The van der Waals surface area contributed by atoms with Crippen LogP contribution < -0.4 is 9.47 Å². The summed E-state index contributed by atoms with van der Waals surface area (Å²) in [5.74, 6) is -1.13. The van der Waals surface area contributed by atoms with Gasteiger partial charge in [0.1, 0.15) is 6.67 Å². The lowest BCUT2D eigenvalue weighted by Crippen LogP contribution is -2.19. The molecular weight excluding hydrogens is 345 g/mol. The number of hydrogen-bond donors (Lipinski definition) is 0. The predicted octanol–water partition coefficient (Wildman–Crippen LogP) is 3.06. The summed E-state index contributed by atoms with van der Waals surface area (Å²) in [4.78, 5) is 3.57. The first-order valence-corrected chi connectivity index (χ1v) is 5.00. The molecule has 0 fully saturated rings. The Hall–Kier alpha value is -0.800. The highest BCUT2D eigenvalue weighted by molar-refractivity contribution is 14.1. The first-order chi connectivity index (χ1) is 7.39. The maximum absolute atomic E-state index is 12.6. The first kappa shape index (κ1) is 13.3. The Balaban J connectivity index is 3.25. The summed E-state index contributed by atoms with van der Waals surface area (Å²) in [5, 5.41) is 0. The van der Waals surface area contributed by atoms with Crippen LogP contribution in [0.2, 0.25) is 0 Å². The van der Waals surface area contributed by atoms with Gasteiger partial charge in [0, 0.05) is 15.3 Å². The lowest BCUT2D eigenvalue weighted by Gasteiger charge is -2.14. The molecule has 8 heteroatoms. The van der Waals surface area contributed by atoms with Gasteiger partial charge < -0.3 is 9.47 Å². The largest absolute Gasteiger partial charge is 0.573 e. The van der Waals surface area contributed by atoms with Gasteiger partial charge in [-0.1, -0.05) is 0 Å². The molecule has 0 bridgehead atoms. The number of rotatable bonds is 3. The summed E-state index contributed by atoms with van der Waals surface area (Å²) < 4.78 is 57.3. The second-order valence-corrected chi connectivity index (χ2v) is 3.77. The van der Waals surface area contributed by atoms with E-state index < -0.39 is 24.7 Å². The lowest BCUT2D eigenvalue weighted by molar-refractivity contribution is -0.275. The Labute approximate surface area is 102 Å². The van der Waals surface area contributed by atoms with Crippen LogP contribution in [0, 0.1) is 3.57 Å². The maximum Gasteiger partial charge on any atom is 0.573 e. The van der Waals surface area contributed by atoms with E-state index >= 15 is 0 Å². The van der Waals surface area contributed by atoms with Crippen LogP contribution in [0.3, 0.4) is 0 Å². The van der Waals surface area contributed by atoms with Crippen molar-refractivity contribution in [3.63, 3.8) is 0 Å². The molecule has 0 spiro atoms. The van der Waals surface area contributed by atoms with Crippen LogP contribution in [0.5, 0.6) is 11.6 Å². The minimum atomic E-state index is -4.91. The van der Waals surface area contributed by atoms with Gasteiger partial charge in [-0.3, -0.25) is 0 Å². The van der Waals surface area contributed by atoms with Crippen LogP contribution in [0.15, 0.2) is 6.20 Å². The number of pyridine rings is 1. The number of alkyl halides is 4. The molecule has 1 aromatic rings. The summed E-state index contributed by atoms with van der Waals surface area (Å²) in [6.45, 7) is -1.09. The first-order valence-electron chi connectivity index (χ1n) is 3.92. The fourth-order valence-electron chi connectivity index (χ4n) is 0.980. The second kappa shape index (κ2) is 5.02. The molecule has 1 rings (SSSR count). The van der Waals surface area contributed by atoms with E-state index in [-0.39, 0.29) is 9.13 Å². The van der Waals surface area contributed by atoms with Crippen LogP contribution in [0.25, 0.3) is 0 Å². The zero-order valence-corrected chi connectivity index (χ0v) is 10.1. The Bertz CT molecular complexity index is 383. The van der Waals surface area contributed by atoms with Crippen molar-refractivity contribution in [2.24, 2.45) is 0 Å². The van der Waals surface area contributed by atoms with E-state index in [1.54, 1.807) is 22.6 Å². The molecule has 16 heavy (non-hydrogen) atoms. The minimum absolute atomic E-state index is 0.232. The van der Waals surface area contributed by atoms with Crippen molar-refractivity contribution in [1.82, 2.24) is 4.98 Å². The number of halogens is 5. The van der Waals surface area contributed by atoms with Crippen LogP contribution >= 0.6 is 22.6 Å². The number of hydrogen-bond acceptors (Lipinski definition) is 3. The molecule has 0 aliphatic heterocycles. The zero-order chi connectivity index (χ0) is 12.3. The Kier molecular flexibility index (Phi) is 4.16. The van der Waals surface area contributed by atoms with Gasteiger partial charge in [0.25, 0.3) is 5.88 Å². The highest BCUT2D eigenvalue weighted by Gasteiger charge is 2.34. The van der Waals surface area contributed by atoms with Gasteiger partial charge in [-0.15, -0.1) is 13.2 Å². The number of nitrogens with zero attached hydrogens (tertiary/aromatic N) is 1. The molecule has 0 aliphatic carbocycles. The van der Waals surface area contributed by atoms with Crippen LogP contribution in [0.1, 0.15) is 5.56 Å². The highest BCUT2D eigenvalue weighted by atomic mass is 127. The monoisotopic (exact) mass is 351 g/mol. The quantitative estimate of drug-likeness (QED) is 0.620. The van der Waals surface area contributed by atoms with Gasteiger partial charge in [-0.2, -0.15) is 0 Å². The molecular formula is C8H6F4INO2. The van der Waals surface area contributed by atoms with E-state index in [9.17, 15) is 17.6 Å². The average Bonchev–Trinajstić information content (AvgIpc) is 2.16. The fraction of sp³-hybridized carbons (Fsp3) is 0.375. The van der Waals surface area contributed by atoms with Gasteiger partial charge in [0.15, 0.2) is 5.75 Å². The van der Waals surface area contributed by atoms with Crippen molar-refractivity contribution < 1.29 is 27.0 Å². The third kappa shape index (κ3) is 3.09. The summed E-state index contributed by atoms with van der Waals surface area (Å²) in [5.41, 5.74) is -0.232. The van der Waals surface area contributed by atoms with Gasteiger partial charge in [-0.05, 0) is 22.6 Å². The normalized spacial score (nSPS) is 11.4. The molecule has 3 nitrogen and oxygen atoms in total. The van der Waals surface area contributed by atoms with Crippen molar-refractivity contribution in [3.8, 4) is 11.6 Å². The summed E-state index contributed by atoms with van der Waals surface area (Å²) in [6, 6.07) is 0. The van der Waals surface area contributed by atoms with Crippen LogP contribution in [-0.2, 0) is 6.67 Å². The maximum atomic E-state index is 12.6. The third-order valence-corrected chi connectivity index (χ3v) is 2.53. The fourth-order valence-corrected chi connectivity index (χ4v) is 1.51. The standard InChI is InChI=1S/C8H6F4INO2/c1-15-7-6(16-8(10,11)12)4(2-9)5(13)3-14-7/h3H,2H2,1H3. The molecule has 0 aliphatic rings. The molecule has 90 valence electrons. The van der Waals surface area contributed by atoms with E-state index in [1.165, 1.54) is 6.20 Å². The minimum Gasteiger partial charge on any atom is -0.478 e. The van der Waals surface area contributed by atoms with E-state index in [1.807, 2.05) is 0 Å². The highest BCUT2D eigenvalue weighted by Crippen LogP contribution is 2.36. The van der Waals surface area contributed by atoms with Crippen LogP contribution in [0.4, 0.5) is 17.6 Å². The average molecular weight is 351 g/mol. The van der Waals surface area contributed by atoms with Crippen LogP contribution in [-0.4, -0.2) is 18.5 Å². The SMILES string of the molecule is COc1ncc(I)c(CF)c1OC(F)(F)F. The lowest BCUT2D eigenvalue weighted by atomic mass is 10.2. The Morgan fingerprint density at radius 3 is 2.50 bits per heavy atom. The predicted molar refractivity (Wildman–Crippen MR) is 55.0 cm³/mol. The topological polar surface area (TPSA) is 31.4 Å².